The van der Waals surface area contributed by atoms with Crippen molar-refractivity contribution in [1.82, 2.24) is 10.2 Å². The first-order valence-electron chi connectivity index (χ1n) is 4.60. The minimum Gasteiger partial charge on any atom is -0.381 e. The van der Waals surface area contributed by atoms with Crippen LogP contribution in [0.25, 0.3) is 0 Å². The van der Waals surface area contributed by atoms with Crippen LogP contribution in [0.4, 0.5) is 0 Å². The molecular weight excluding hydrogens is 204 g/mol. The summed E-state index contributed by atoms with van der Waals surface area (Å²) < 4.78 is 5.24. The summed E-state index contributed by atoms with van der Waals surface area (Å²) in [7, 11) is 0. The Bertz CT molecular complexity index is 371. The highest BCUT2D eigenvalue weighted by molar-refractivity contribution is 6.30. The van der Waals surface area contributed by atoms with E-state index in [4.69, 9.17) is 16.3 Å². The van der Waals surface area contributed by atoms with Gasteiger partial charge in [0, 0.05) is 19.1 Å². The fourth-order valence-electron chi connectivity index (χ4n) is 1.60. The second-order valence-corrected chi connectivity index (χ2v) is 3.76. The summed E-state index contributed by atoms with van der Waals surface area (Å²) in [5.74, 6) is 0.359. The Labute approximate surface area is 86.2 Å². The molecule has 1 saturated heterocycles. The maximum absolute atomic E-state index is 11.0. The highest BCUT2D eigenvalue weighted by Gasteiger charge is 2.18. The van der Waals surface area contributed by atoms with E-state index in [-0.39, 0.29) is 10.6 Å². The number of hydrogen-bond acceptors (Lipinski definition) is 3. The van der Waals surface area contributed by atoms with Crippen LogP contribution in [0, 0.1) is 0 Å². The number of nitrogens with one attached hydrogen (secondary N) is 1. The fourth-order valence-corrected chi connectivity index (χ4v) is 1.75. The Morgan fingerprint density at radius 1 is 1.50 bits per heavy atom. The second kappa shape index (κ2) is 4.11. The van der Waals surface area contributed by atoms with E-state index in [1.165, 1.54) is 0 Å². The number of nitrogens with zero attached hydrogens (tertiary/aromatic N) is 1. The van der Waals surface area contributed by atoms with Gasteiger partial charge in [-0.25, -0.2) is 5.10 Å². The molecule has 2 heterocycles. The van der Waals surface area contributed by atoms with E-state index in [9.17, 15) is 4.79 Å². The molecule has 5 heteroatoms. The molecule has 2 rings (SSSR count). The van der Waals surface area contributed by atoms with E-state index >= 15 is 0 Å². The van der Waals surface area contributed by atoms with Gasteiger partial charge in [-0.15, -0.1) is 0 Å². The SMILES string of the molecule is O=c1[nH]nc(C2CCOCC2)cc1Cl. The Kier molecular flexibility index (Phi) is 2.84. The number of halogens is 1. The van der Waals surface area contributed by atoms with E-state index in [1.54, 1.807) is 6.07 Å². The molecule has 1 N–H and O–H groups in total. The van der Waals surface area contributed by atoms with Crippen molar-refractivity contribution in [2.24, 2.45) is 0 Å². The van der Waals surface area contributed by atoms with Gasteiger partial charge >= 0.3 is 0 Å². The molecule has 4 nitrogen and oxygen atoms in total. The highest BCUT2D eigenvalue weighted by Crippen LogP contribution is 2.25. The maximum atomic E-state index is 11.0. The first kappa shape index (κ1) is 9.68. The van der Waals surface area contributed by atoms with Crippen LogP contribution in [-0.4, -0.2) is 23.4 Å². The first-order valence-corrected chi connectivity index (χ1v) is 4.98. The molecule has 0 spiro atoms. The molecule has 1 aliphatic rings. The Morgan fingerprint density at radius 2 is 2.21 bits per heavy atom. The lowest BCUT2D eigenvalue weighted by molar-refractivity contribution is 0.0843. The summed E-state index contributed by atoms with van der Waals surface area (Å²) in [6.45, 7) is 1.51. The summed E-state index contributed by atoms with van der Waals surface area (Å²) in [5, 5.41) is 6.58. The lowest BCUT2D eigenvalue weighted by atomic mass is 9.96. The molecule has 1 aliphatic heterocycles. The Balaban J connectivity index is 2.22. The Morgan fingerprint density at radius 3 is 2.86 bits per heavy atom. The van der Waals surface area contributed by atoms with Crippen LogP contribution in [0.3, 0.4) is 0 Å². The second-order valence-electron chi connectivity index (χ2n) is 3.36. The molecule has 0 unspecified atom stereocenters. The third-order valence-electron chi connectivity index (χ3n) is 2.42. The molecule has 0 saturated carbocycles. The molecular formula is C9H11ClN2O2. The molecule has 1 aromatic heterocycles. The molecule has 1 aromatic rings. The van der Waals surface area contributed by atoms with E-state index in [2.05, 4.69) is 10.2 Å². The lowest BCUT2D eigenvalue weighted by Gasteiger charge is -2.20. The average Bonchev–Trinajstić information content (AvgIpc) is 2.23. The van der Waals surface area contributed by atoms with Gasteiger partial charge in [-0.2, -0.15) is 5.10 Å². The van der Waals surface area contributed by atoms with Gasteiger partial charge in [0.25, 0.3) is 5.56 Å². The van der Waals surface area contributed by atoms with E-state index in [0.29, 0.717) is 5.92 Å². The third kappa shape index (κ3) is 1.96. The summed E-state index contributed by atoms with van der Waals surface area (Å²) in [6.07, 6.45) is 1.88. The third-order valence-corrected chi connectivity index (χ3v) is 2.70. The van der Waals surface area contributed by atoms with Gasteiger partial charge < -0.3 is 4.74 Å². The number of hydrogen-bond donors (Lipinski definition) is 1. The fraction of sp³-hybridized carbons (Fsp3) is 0.556. The van der Waals surface area contributed by atoms with Gasteiger partial charge in [0.05, 0.1) is 5.69 Å². The van der Waals surface area contributed by atoms with Crippen LogP contribution >= 0.6 is 11.6 Å². The normalized spacial score (nSPS) is 18.4. The van der Waals surface area contributed by atoms with Crippen molar-refractivity contribution in [3.63, 3.8) is 0 Å². The largest absolute Gasteiger partial charge is 0.381 e. The summed E-state index contributed by atoms with van der Waals surface area (Å²) in [5.41, 5.74) is 0.528. The molecule has 0 radical (unpaired) electrons. The summed E-state index contributed by atoms with van der Waals surface area (Å²) >= 11 is 5.72. The molecule has 0 bridgehead atoms. The predicted molar refractivity (Wildman–Crippen MR) is 52.7 cm³/mol. The number of aromatic amines is 1. The van der Waals surface area contributed by atoms with Crippen molar-refractivity contribution >= 4 is 11.6 Å². The Hall–Kier alpha value is -0.870. The topological polar surface area (TPSA) is 55.0 Å². The van der Waals surface area contributed by atoms with E-state index in [1.807, 2.05) is 0 Å². The molecule has 0 atom stereocenters. The summed E-state index contributed by atoms with van der Waals surface area (Å²) in [6, 6.07) is 1.65. The van der Waals surface area contributed by atoms with Gasteiger partial charge in [-0.05, 0) is 18.9 Å². The van der Waals surface area contributed by atoms with Crippen molar-refractivity contribution in [3.8, 4) is 0 Å². The van der Waals surface area contributed by atoms with Crippen molar-refractivity contribution in [1.29, 1.82) is 0 Å². The molecule has 0 amide bonds. The minimum absolute atomic E-state index is 0.210. The number of H-pyrrole nitrogens is 1. The van der Waals surface area contributed by atoms with E-state index < -0.39 is 0 Å². The number of aromatic nitrogens is 2. The minimum atomic E-state index is -0.331. The average molecular weight is 215 g/mol. The molecule has 14 heavy (non-hydrogen) atoms. The zero-order valence-corrected chi connectivity index (χ0v) is 8.38. The van der Waals surface area contributed by atoms with Crippen molar-refractivity contribution in [3.05, 3.63) is 27.1 Å². The van der Waals surface area contributed by atoms with Gasteiger partial charge in [0.1, 0.15) is 5.02 Å². The van der Waals surface area contributed by atoms with Gasteiger partial charge in [-0.1, -0.05) is 11.6 Å². The van der Waals surface area contributed by atoms with E-state index in [0.717, 1.165) is 31.7 Å². The molecule has 76 valence electrons. The number of rotatable bonds is 1. The van der Waals surface area contributed by atoms with Crippen molar-refractivity contribution in [2.45, 2.75) is 18.8 Å². The van der Waals surface area contributed by atoms with Gasteiger partial charge in [-0.3, -0.25) is 4.79 Å². The van der Waals surface area contributed by atoms with Crippen molar-refractivity contribution < 1.29 is 4.74 Å². The van der Waals surface area contributed by atoms with Crippen LogP contribution in [0.5, 0.6) is 0 Å². The smallest absolute Gasteiger partial charge is 0.282 e. The standard InChI is InChI=1S/C9H11ClN2O2/c10-7-5-8(11-12-9(7)13)6-1-3-14-4-2-6/h5-6H,1-4H2,(H,12,13). The van der Waals surface area contributed by atoms with Crippen LogP contribution in [0.2, 0.25) is 5.02 Å². The predicted octanol–water partition coefficient (Wildman–Crippen LogP) is 1.32. The zero-order chi connectivity index (χ0) is 9.97. The lowest BCUT2D eigenvalue weighted by Crippen LogP contribution is -2.18. The van der Waals surface area contributed by atoms with Gasteiger partial charge in [0.15, 0.2) is 0 Å². The van der Waals surface area contributed by atoms with Gasteiger partial charge in [0.2, 0.25) is 0 Å². The highest BCUT2D eigenvalue weighted by atomic mass is 35.5. The maximum Gasteiger partial charge on any atom is 0.282 e. The first-order chi connectivity index (χ1) is 6.77. The van der Waals surface area contributed by atoms with Crippen LogP contribution in [0.15, 0.2) is 10.9 Å². The zero-order valence-electron chi connectivity index (χ0n) is 7.62. The summed E-state index contributed by atoms with van der Waals surface area (Å²) in [4.78, 5) is 11.0. The molecule has 0 aliphatic carbocycles. The van der Waals surface area contributed by atoms with Crippen LogP contribution in [0.1, 0.15) is 24.5 Å². The van der Waals surface area contributed by atoms with Crippen LogP contribution in [-0.2, 0) is 4.74 Å². The molecule has 0 aromatic carbocycles. The molecule has 1 fully saturated rings. The quantitative estimate of drug-likeness (QED) is 0.767. The number of ether oxygens (including phenoxy) is 1. The van der Waals surface area contributed by atoms with Crippen molar-refractivity contribution in [2.75, 3.05) is 13.2 Å². The monoisotopic (exact) mass is 214 g/mol. The van der Waals surface area contributed by atoms with Crippen LogP contribution < -0.4 is 5.56 Å².